The predicted octanol–water partition coefficient (Wildman–Crippen LogP) is 3.35. The van der Waals surface area contributed by atoms with Crippen LogP contribution < -0.4 is 5.32 Å². The molecule has 0 spiro atoms. The minimum atomic E-state index is -0.292. The van der Waals surface area contributed by atoms with Crippen molar-refractivity contribution in [1.29, 1.82) is 0 Å². The van der Waals surface area contributed by atoms with E-state index in [0.717, 1.165) is 37.1 Å². The van der Waals surface area contributed by atoms with Gasteiger partial charge < -0.3 is 14.7 Å². The molecule has 3 heterocycles. The van der Waals surface area contributed by atoms with Gasteiger partial charge in [-0.2, -0.15) is 4.98 Å². The van der Waals surface area contributed by atoms with Crippen molar-refractivity contribution in [1.82, 2.24) is 25.3 Å². The minimum absolute atomic E-state index is 0.158. The van der Waals surface area contributed by atoms with Crippen LogP contribution in [0.25, 0.3) is 11.4 Å². The Labute approximate surface area is 192 Å². The number of pyridine rings is 1. The molecule has 33 heavy (non-hydrogen) atoms. The average Bonchev–Trinajstić information content (AvgIpc) is 3.60. The summed E-state index contributed by atoms with van der Waals surface area (Å²) in [5.41, 5.74) is 2.05. The van der Waals surface area contributed by atoms with E-state index in [1.54, 1.807) is 12.3 Å². The SMILES string of the molecule is Cc1cccnc1C(=O)N[C@H]1C[C@H](C(=O)N2CCCC2)C[C@H]1c1nc(-c2ccccc2)no1. The third-order valence-corrected chi connectivity index (χ3v) is 6.66. The Kier molecular flexibility index (Phi) is 5.90. The molecule has 2 fully saturated rings. The Morgan fingerprint density at radius 3 is 2.61 bits per heavy atom. The van der Waals surface area contributed by atoms with Gasteiger partial charge in [-0.25, -0.2) is 0 Å². The molecule has 0 radical (unpaired) electrons. The fraction of sp³-hybridized carbons (Fsp3) is 0.400. The predicted molar refractivity (Wildman–Crippen MR) is 121 cm³/mol. The van der Waals surface area contributed by atoms with E-state index in [1.165, 1.54) is 0 Å². The molecule has 2 amide bonds. The standard InChI is InChI=1S/C25H27N5O3/c1-16-8-7-11-26-21(16)23(31)27-20-15-18(25(32)30-12-5-6-13-30)14-19(20)24-28-22(29-33-24)17-9-3-2-4-10-17/h2-4,7-11,18-20H,5-6,12-15H2,1H3,(H,27,31)/t18-,19-,20+/m1/s1. The summed E-state index contributed by atoms with van der Waals surface area (Å²) < 4.78 is 5.64. The van der Waals surface area contributed by atoms with Gasteiger partial charge in [0, 0.05) is 36.8 Å². The van der Waals surface area contributed by atoms with E-state index in [0.29, 0.717) is 30.3 Å². The quantitative estimate of drug-likeness (QED) is 0.646. The van der Waals surface area contributed by atoms with Gasteiger partial charge in [0.05, 0.1) is 5.92 Å². The molecule has 2 aromatic heterocycles. The summed E-state index contributed by atoms with van der Waals surface area (Å²) in [7, 11) is 0. The van der Waals surface area contributed by atoms with Crippen LogP contribution in [0.5, 0.6) is 0 Å². The highest BCUT2D eigenvalue weighted by Crippen LogP contribution is 2.40. The molecule has 1 aliphatic heterocycles. The third kappa shape index (κ3) is 4.37. The number of aromatic nitrogens is 3. The number of amides is 2. The van der Waals surface area contributed by atoms with Crippen molar-refractivity contribution in [3.63, 3.8) is 0 Å². The zero-order chi connectivity index (χ0) is 22.8. The molecule has 0 unspecified atom stereocenters. The molecule has 0 bridgehead atoms. The highest BCUT2D eigenvalue weighted by atomic mass is 16.5. The van der Waals surface area contributed by atoms with Gasteiger partial charge in [-0.15, -0.1) is 0 Å². The zero-order valence-corrected chi connectivity index (χ0v) is 18.6. The van der Waals surface area contributed by atoms with Crippen LogP contribution in [0.15, 0.2) is 53.2 Å². The van der Waals surface area contributed by atoms with E-state index in [1.807, 2.05) is 48.2 Å². The topological polar surface area (TPSA) is 101 Å². The lowest BCUT2D eigenvalue weighted by Gasteiger charge is -2.20. The van der Waals surface area contributed by atoms with E-state index < -0.39 is 0 Å². The van der Waals surface area contributed by atoms with Crippen molar-refractivity contribution in [2.24, 2.45) is 5.92 Å². The normalized spacial score (nSPS) is 22.5. The van der Waals surface area contributed by atoms with Gasteiger partial charge in [-0.05, 0) is 44.2 Å². The number of rotatable bonds is 5. The van der Waals surface area contributed by atoms with Crippen LogP contribution in [-0.2, 0) is 4.79 Å². The largest absolute Gasteiger partial charge is 0.347 e. The summed E-state index contributed by atoms with van der Waals surface area (Å²) in [6.07, 6.45) is 4.81. The number of aryl methyl sites for hydroxylation is 1. The molecule has 1 N–H and O–H groups in total. The number of carbonyl (C=O) groups excluding carboxylic acids is 2. The van der Waals surface area contributed by atoms with Crippen molar-refractivity contribution in [3.05, 3.63) is 65.8 Å². The summed E-state index contributed by atoms with van der Waals surface area (Å²) in [4.78, 5) is 37.0. The first-order chi connectivity index (χ1) is 16.1. The van der Waals surface area contributed by atoms with Gasteiger partial charge in [0.2, 0.25) is 17.6 Å². The van der Waals surface area contributed by atoms with Crippen molar-refractivity contribution in [3.8, 4) is 11.4 Å². The van der Waals surface area contributed by atoms with Crippen molar-refractivity contribution >= 4 is 11.8 Å². The first kappa shape index (κ1) is 21.3. The molecule has 5 rings (SSSR count). The van der Waals surface area contributed by atoms with Crippen molar-refractivity contribution in [2.45, 2.75) is 44.6 Å². The van der Waals surface area contributed by atoms with E-state index in [2.05, 4.69) is 20.4 Å². The Morgan fingerprint density at radius 1 is 1.06 bits per heavy atom. The maximum atomic E-state index is 13.1. The number of hydrogen-bond acceptors (Lipinski definition) is 6. The van der Waals surface area contributed by atoms with Crippen molar-refractivity contribution < 1.29 is 14.1 Å². The third-order valence-electron chi connectivity index (χ3n) is 6.66. The monoisotopic (exact) mass is 445 g/mol. The molecule has 1 saturated carbocycles. The number of nitrogens with one attached hydrogen (secondary N) is 1. The van der Waals surface area contributed by atoms with E-state index >= 15 is 0 Å². The zero-order valence-electron chi connectivity index (χ0n) is 18.6. The fourth-order valence-corrected chi connectivity index (χ4v) is 4.92. The molecule has 1 aliphatic carbocycles. The lowest BCUT2D eigenvalue weighted by atomic mass is 10.0. The van der Waals surface area contributed by atoms with Crippen LogP contribution in [0, 0.1) is 12.8 Å². The molecule has 1 aromatic carbocycles. The molecular weight excluding hydrogens is 418 g/mol. The average molecular weight is 446 g/mol. The molecule has 8 heteroatoms. The van der Waals surface area contributed by atoms with Crippen LogP contribution in [0.4, 0.5) is 0 Å². The summed E-state index contributed by atoms with van der Waals surface area (Å²) >= 11 is 0. The molecule has 1 saturated heterocycles. The number of hydrogen-bond donors (Lipinski definition) is 1. The summed E-state index contributed by atoms with van der Waals surface area (Å²) in [5.74, 6) is 0.445. The second-order valence-corrected chi connectivity index (χ2v) is 8.88. The lowest BCUT2D eigenvalue weighted by molar-refractivity contribution is -0.134. The van der Waals surface area contributed by atoms with Gasteiger partial charge in [-0.3, -0.25) is 14.6 Å². The molecular formula is C25H27N5O3. The van der Waals surface area contributed by atoms with Gasteiger partial charge in [0.1, 0.15) is 5.69 Å². The Balaban J connectivity index is 1.40. The van der Waals surface area contributed by atoms with Crippen LogP contribution in [0.2, 0.25) is 0 Å². The number of likely N-dealkylation sites (tertiary alicyclic amines) is 1. The van der Waals surface area contributed by atoms with Crippen LogP contribution in [0.3, 0.4) is 0 Å². The fourth-order valence-electron chi connectivity index (χ4n) is 4.92. The summed E-state index contributed by atoms with van der Waals surface area (Å²) in [6.45, 7) is 3.48. The van der Waals surface area contributed by atoms with E-state index in [4.69, 9.17) is 4.52 Å². The first-order valence-corrected chi connectivity index (χ1v) is 11.5. The number of nitrogens with zero attached hydrogens (tertiary/aromatic N) is 4. The van der Waals surface area contributed by atoms with Crippen LogP contribution in [0.1, 0.15) is 53.5 Å². The Bertz CT molecular complexity index is 1140. The molecule has 170 valence electrons. The van der Waals surface area contributed by atoms with Gasteiger partial charge >= 0.3 is 0 Å². The number of benzene rings is 1. The van der Waals surface area contributed by atoms with E-state index in [-0.39, 0.29) is 29.7 Å². The minimum Gasteiger partial charge on any atom is -0.347 e. The second-order valence-electron chi connectivity index (χ2n) is 8.88. The molecule has 3 atom stereocenters. The van der Waals surface area contributed by atoms with Gasteiger partial charge in [0.15, 0.2) is 0 Å². The maximum Gasteiger partial charge on any atom is 0.270 e. The number of carbonyl (C=O) groups is 2. The maximum absolute atomic E-state index is 13.1. The van der Waals surface area contributed by atoms with Gasteiger partial charge in [0.25, 0.3) is 5.91 Å². The summed E-state index contributed by atoms with van der Waals surface area (Å²) in [6, 6.07) is 13.0. The van der Waals surface area contributed by atoms with Crippen LogP contribution >= 0.6 is 0 Å². The second kappa shape index (κ2) is 9.13. The molecule has 2 aliphatic rings. The smallest absolute Gasteiger partial charge is 0.270 e. The lowest BCUT2D eigenvalue weighted by Crippen LogP contribution is -2.38. The Hall–Kier alpha value is -3.55. The highest BCUT2D eigenvalue weighted by Gasteiger charge is 2.44. The molecule has 8 nitrogen and oxygen atoms in total. The highest BCUT2D eigenvalue weighted by molar-refractivity contribution is 5.94. The first-order valence-electron chi connectivity index (χ1n) is 11.5. The Morgan fingerprint density at radius 2 is 1.85 bits per heavy atom. The summed E-state index contributed by atoms with van der Waals surface area (Å²) in [5, 5.41) is 7.27. The molecule has 3 aromatic rings. The van der Waals surface area contributed by atoms with Crippen molar-refractivity contribution in [2.75, 3.05) is 13.1 Å². The van der Waals surface area contributed by atoms with Crippen LogP contribution in [-0.4, -0.2) is 51.0 Å². The van der Waals surface area contributed by atoms with Gasteiger partial charge in [-0.1, -0.05) is 41.6 Å². The van der Waals surface area contributed by atoms with E-state index in [9.17, 15) is 9.59 Å².